The molecule has 0 aromatic heterocycles. The minimum absolute atomic E-state index is 0.0757. The third-order valence-electron chi connectivity index (χ3n) is 3.73. The molecular weight excluding hydrogens is 288 g/mol. The van der Waals surface area contributed by atoms with Gasteiger partial charge in [0, 0.05) is 4.11 Å². The van der Waals surface area contributed by atoms with Crippen molar-refractivity contribution in [3.63, 3.8) is 0 Å². The van der Waals surface area contributed by atoms with Crippen LogP contribution in [0.25, 0.3) is 22.3 Å². The van der Waals surface area contributed by atoms with E-state index in [-0.39, 0.29) is 40.9 Å². The van der Waals surface area contributed by atoms with E-state index < -0.39 is 42.0 Å². The molecule has 0 saturated heterocycles. The fourth-order valence-corrected chi connectivity index (χ4v) is 2.73. The first-order chi connectivity index (χ1) is 15.9. The lowest BCUT2D eigenvalue weighted by Crippen LogP contribution is -2.14. The highest BCUT2D eigenvalue weighted by Crippen LogP contribution is 2.40. The normalized spacial score (nSPS) is 18.6. The molecule has 0 heteroatoms. The average Bonchev–Trinajstić information content (AvgIpc) is 2.74. The van der Waals surface area contributed by atoms with Crippen molar-refractivity contribution < 1.29 is 15.1 Å². The quantitative estimate of drug-likeness (QED) is 0.479. The molecule has 0 aliphatic carbocycles. The van der Waals surface area contributed by atoms with Crippen molar-refractivity contribution in [1.29, 1.82) is 0 Å². The summed E-state index contributed by atoms with van der Waals surface area (Å²) in [4.78, 5) is 0. The fourth-order valence-electron chi connectivity index (χ4n) is 2.73. The van der Waals surface area contributed by atoms with Crippen molar-refractivity contribution in [3.05, 3.63) is 83.2 Å². The second kappa shape index (κ2) is 6.28. The summed E-state index contributed by atoms with van der Waals surface area (Å²) < 4.78 is 90.4. The summed E-state index contributed by atoms with van der Waals surface area (Å²) in [7, 11) is 0. The van der Waals surface area contributed by atoms with Gasteiger partial charge in [0.2, 0.25) is 0 Å². The monoisotopic (exact) mass is 325 g/mol. The zero-order valence-electron chi connectivity index (χ0n) is 25.2. The maximum Gasteiger partial charge on any atom is 0.0629 e. The predicted octanol–water partition coefficient (Wildman–Crippen LogP) is 6.93. The molecule has 0 heterocycles. The molecule has 0 aliphatic heterocycles. The summed E-state index contributed by atoms with van der Waals surface area (Å²) in [5, 5.41) is 0. The number of benzene rings is 3. The third-order valence-corrected chi connectivity index (χ3v) is 3.73. The van der Waals surface area contributed by atoms with E-state index in [9.17, 15) is 0 Å². The standard InChI is InChI=1S/C24H26/c1-17-9-13-19(14-10-17)21-7-6-8-22(23(21)24(3,4)5)20-15-11-18(2)12-16-20/h6-16H,1-5H3/i1D3,9D,10D,11D,12D,13D,14D,15D,16D. The molecule has 24 heavy (non-hydrogen) atoms. The number of rotatable bonds is 2. The zero-order valence-corrected chi connectivity index (χ0v) is 14.2. The SMILES string of the molecule is [2H]c1c([2H])c(-c2cccc(-c3c([2H])c([2H])c(C([2H])([2H])[2H])c([2H])c3[2H])c2C(C)(C)C)c([2H])c([2H])c1C. The van der Waals surface area contributed by atoms with Gasteiger partial charge in [-0.2, -0.15) is 0 Å². The van der Waals surface area contributed by atoms with Gasteiger partial charge in [0.25, 0.3) is 0 Å². The van der Waals surface area contributed by atoms with Crippen LogP contribution in [0.1, 0.15) is 52.5 Å². The molecule has 3 rings (SSSR count). The summed E-state index contributed by atoms with van der Waals surface area (Å²) in [6.45, 7) is 4.25. The predicted molar refractivity (Wildman–Crippen MR) is 105 cm³/mol. The Morgan fingerprint density at radius 1 is 0.750 bits per heavy atom. The minimum atomic E-state index is -2.83. The van der Waals surface area contributed by atoms with Crippen LogP contribution in [0.4, 0.5) is 0 Å². The number of hydrogen-bond acceptors (Lipinski definition) is 0. The lowest BCUT2D eigenvalue weighted by molar-refractivity contribution is 0.593. The molecule has 0 amide bonds. The van der Waals surface area contributed by atoms with Crippen LogP contribution in [-0.2, 0) is 5.41 Å². The van der Waals surface area contributed by atoms with E-state index in [1.54, 1.807) is 18.2 Å². The van der Waals surface area contributed by atoms with Gasteiger partial charge in [0.1, 0.15) is 0 Å². The first-order valence-electron chi connectivity index (χ1n) is 13.2. The Bertz CT molecular complexity index is 1290. The van der Waals surface area contributed by atoms with Crippen LogP contribution >= 0.6 is 0 Å². The zero-order chi connectivity index (χ0) is 26.8. The molecule has 3 aromatic carbocycles. The van der Waals surface area contributed by atoms with Gasteiger partial charge in [-0.3, -0.25) is 0 Å². The molecular formula is C24H26. The van der Waals surface area contributed by atoms with E-state index in [2.05, 4.69) is 0 Å². The average molecular weight is 326 g/mol. The highest BCUT2D eigenvalue weighted by Gasteiger charge is 2.23. The highest BCUT2D eigenvalue weighted by molar-refractivity contribution is 5.80. The van der Waals surface area contributed by atoms with E-state index in [4.69, 9.17) is 15.1 Å². The van der Waals surface area contributed by atoms with Crippen molar-refractivity contribution in [2.24, 2.45) is 0 Å². The number of hydrogen-bond donors (Lipinski definition) is 0. The molecule has 0 radical (unpaired) electrons. The van der Waals surface area contributed by atoms with Crippen LogP contribution in [-0.4, -0.2) is 0 Å². The van der Waals surface area contributed by atoms with Gasteiger partial charge < -0.3 is 0 Å². The molecule has 0 N–H and O–H groups in total. The van der Waals surface area contributed by atoms with Crippen LogP contribution < -0.4 is 0 Å². The fraction of sp³-hybridized carbons (Fsp3) is 0.250. The molecule has 0 fully saturated rings. The molecule has 0 saturated carbocycles. The van der Waals surface area contributed by atoms with Crippen molar-refractivity contribution in [2.45, 2.75) is 40.0 Å². The van der Waals surface area contributed by atoms with Gasteiger partial charge in [-0.15, -0.1) is 0 Å². The van der Waals surface area contributed by atoms with Gasteiger partial charge in [0.05, 0.1) is 11.0 Å². The van der Waals surface area contributed by atoms with Crippen LogP contribution in [0.15, 0.2) is 66.5 Å². The lowest BCUT2D eigenvalue weighted by atomic mass is 9.77. The first-order valence-corrected chi connectivity index (χ1v) is 7.74. The van der Waals surface area contributed by atoms with Gasteiger partial charge in [-0.05, 0) is 47.0 Å². The molecule has 0 bridgehead atoms. The Morgan fingerprint density at radius 3 is 1.62 bits per heavy atom. The molecule has 0 spiro atoms. The first kappa shape index (κ1) is 7.70. The Morgan fingerprint density at radius 2 is 1.21 bits per heavy atom. The molecule has 0 nitrogen and oxygen atoms in total. The smallest absolute Gasteiger partial charge is 0.0610 e. The summed E-state index contributed by atoms with van der Waals surface area (Å²) in [6.07, 6.45) is 0. The molecule has 3 aromatic rings. The van der Waals surface area contributed by atoms with E-state index >= 15 is 0 Å². The maximum atomic E-state index is 8.57. The Hall–Kier alpha value is -2.34. The van der Waals surface area contributed by atoms with Crippen molar-refractivity contribution >= 4 is 0 Å². The van der Waals surface area contributed by atoms with Crippen LogP contribution in [0.2, 0.25) is 0 Å². The van der Waals surface area contributed by atoms with Gasteiger partial charge in [-0.25, -0.2) is 0 Å². The summed E-state index contributed by atoms with van der Waals surface area (Å²) in [5.41, 5.74) is 0.0672. The summed E-state index contributed by atoms with van der Waals surface area (Å²) >= 11 is 0. The van der Waals surface area contributed by atoms with Gasteiger partial charge >= 0.3 is 0 Å². The Labute approximate surface area is 161 Å². The van der Waals surface area contributed by atoms with Crippen molar-refractivity contribution in [2.75, 3.05) is 0 Å². The van der Waals surface area contributed by atoms with Crippen molar-refractivity contribution in [3.8, 4) is 22.3 Å². The molecule has 0 atom stereocenters. The van der Waals surface area contributed by atoms with Crippen LogP contribution in [0, 0.1) is 13.8 Å². The summed E-state index contributed by atoms with van der Waals surface area (Å²) in [5.74, 6) is 0. The van der Waals surface area contributed by atoms with E-state index in [1.807, 2.05) is 20.8 Å². The Kier molecular flexibility index (Phi) is 2.01. The van der Waals surface area contributed by atoms with Crippen LogP contribution in [0.5, 0.6) is 0 Å². The van der Waals surface area contributed by atoms with E-state index in [1.165, 1.54) is 6.92 Å². The maximum absolute atomic E-state index is 8.57. The topological polar surface area (TPSA) is 0 Å². The van der Waals surface area contributed by atoms with E-state index in [0.717, 1.165) is 0 Å². The molecule has 0 aliphatic rings. The highest BCUT2D eigenvalue weighted by atomic mass is 14.3. The summed E-state index contributed by atoms with van der Waals surface area (Å²) in [6, 6.07) is 1.78. The van der Waals surface area contributed by atoms with E-state index in [0.29, 0.717) is 16.7 Å². The third kappa shape index (κ3) is 3.28. The second-order valence-electron chi connectivity index (χ2n) is 6.73. The van der Waals surface area contributed by atoms with Crippen LogP contribution in [0.3, 0.4) is 0 Å². The molecule has 122 valence electrons. The minimum Gasteiger partial charge on any atom is -0.0610 e. The van der Waals surface area contributed by atoms with Gasteiger partial charge in [0.15, 0.2) is 0 Å². The molecule has 0 unspecified atom stereocenters. The van der Waals surface area contributed by atoms with Gasteiger partial charge in [-0.1, -0.05) is 98.4 Å². The Balaban J connectivity index is 2.54. The largest absolute Gasteiger partial charge is 0.0629 e. The van der Waals surface area contributed by atoms with Crippen molar-refractivity contribution in [1.82, 2.24) is 0 Å². The second-order valence-corrected chi connectivity index (χ2v) is 6.73. The lowest BCUT2D eigenvalue weighted by Gasteiger charge is -2.27.